The summed E-state index contributed by atoms with van der Waals surface area (Å²) >= 11 is 0. The van der Waals surface area contributed by atoms with Crippen LogP contribution in [0.15, 0.2) is 15.1 Å². The third kappa shape index (κ3) is 3.74. The van der Waals surface area contributed by atoms with E-state index >= 15 is 0 Å². The van der Waals surface area contributed by atoms with Gasteiger partial charge in [-0.05, 0) is 32.1 Å². The molecule has 0 aliphatic carbocycles. The van der Waals surface area contributed by atoms with Crippen LogP contribution in [0.2, 0.25) is 0 Å². The van der Waals surface area contributed by atoms with E-state index < -0.39 is 0 Å². The number of carbonyl (C=O) groups is 1. The molecule has 2 aromatic heterocycles. The summed E-state index contributed by atoms with van der Waals surface area (Å²) in [6.45, 7) is 3.30. The van der Waals surface area contributed by atoms with Gasteiger partial charge in [-0.1, -0.05) is 10.3 Å². The standard InChI is InChI=1S/C16H23N5O3/c1-11-10-13(18-23-11)15(22)21-8-6-12(7-9-21)4-5-14-17-16(20(2)3)24-19-14/h10,12H,4-9H2,1-3H3. The van der Waals surface area contributed by atoms with Gasteiger partial charge in [0.2, 0.25) is 0 Å². The second-order valence-corrected chi connectivity index (χ2v) is 6.48. The third-order valence-electron chi connectivity index (χ3n) is 4.36. The first-order chi connectivity index (χ1) is 11.5. The Balaban J connectivity index is 1.45. The van der Waals surface area contributed by atoms with Gasteiger partial charge in [0, 0.05) is 39.7 Å². The summed E-state index contributed by atoms with van der Waals surface area (Å²) in [6, 6.07) is 2.22. The highest BCUT2D eigenvalue weighted by atomic mass is 16.5. The van der Waals surface area contributed by atoms with Gasteiger partial charge in [-0.2, -0.15) is 4.98 Å². The molecule has 0 bridgehead atoms. The van der Waals surface area contributed by atoms with E-state index in [0.29, 0.717) is 23.4 Å². The molecule has 1 saturated heterocycles. The molecule has 24 heavy (non-hydrogen) atoms. The Labute approximate surface area is 140 Å². The van der Waals surface area contributed by atoms with Gasteiger partial charge < -0.3 is 18.8 Å². The van der Waals surface area contributed by atoms with Crippen molar-refractivity contribution in [2.75, 3.05) is 32.1 Å². The third-order valence-corrected chi connectivity index (χ3v) is 4.36. The molecule has 0 aromatic carbocycles. The Hall–Kier alpha value is -2.38. The summed E-state index contributed by atoms with van der Waals surface area (Å²) in [6.07, 6.45) is 3.79. The minimum absolute atomic E-state index is 0.0425. The van der Waals surface area contributed by atoms with Crippen LogP contribution in [0, 0.1) is 12.8 Å². The molecule has 1 aliphatic heterocycles. The van der Waals surface area contributed by atoms with Gasteiger partial charge in [-0.15, -0.1) is 0 Å². The molecule has 0 radical (unpaired) electrons. The lowest BCUT2D eigenvalue weighted by Gasteiger charge is -2.31. The molecule has 1 aliphatic rings. The zero-order chi connectivity index (χ0) is 17.1. The molecule has 3 heterocycles. The lowest BCUT2D eigenvalue weighted by atomic mass is 9.92. The predicted octanol–water partition coefficient (Wildman–Crippen LogP) is 1.92. The molecule has 0 saturated carbocycles. The summed E-state index contributed by atoms with van der Waals surface area (Å²) in [4.78, 5) is 20.3. The molecule has 1 fully saturated rings. The lowest BCUT2D eigenvalue weighted by Crippen LogP contribution is -2.38. The normalized spacial score (nSPS) is 15.7. The van der Waals surface area contributed by atoms with Crippen molar-refractivity contribution in [2.24, 2.45) is 5.92 Å². The molecule has 0 spiro atoms. The number of anilines is 1. The lowest BCUT2D eigenvalue weighted by molar-refractivity contribution is 0.0676. The highest BCUT2D eigenvalue weighted by molar-refractivity contribution is 5.92. The largest absolute Gasteiger partial charge is 0.361 e. The van der Waals surface area contributed by atoms with Gasteiger partial charge in [-0.3, -0.25) is 4.79 Å². The summed E-state index contributed by atoms with van der Waals surface area (Å²) in [5, 5.41) is 7.80. The summed E-state index contributed by atoms with van der Waals surface area (Å²) in [7, 11) is 3.75. The van der Waals surface area contributed by atoms with Crippen LogP contribution in [-0.2, 0) is 6.42 Å². The van der Waals surface area contributed by atoms with Gasteiger partial charge >= 0.3 is 6.01 Å². The van der Waals surface area contributed by atoms with E-state index in [2.05, 4.69) is 15.3 Å². The quantitative estimate of drug-likeness (QED) is 0.826. The molecule has 3 rings (SSSR count). The van der Waals surface area contributed by atoms with Crippen LogP contribution in [0.25, 0.3) is 0 Å². The number of hydrogen-bond acceptors (Lipinski definition) is 7. The average Bonchev–Trinajstić information content (AvgIpc) is 3.22. The Morgan fingerprint density at radius 1 is 1.29 bits per heavy atom. The number of hydrogen-bond donors (Lipinski definition) is 0. The van der Waals surface area contributed by atoms with Crippen LogP contribution in [0.4, 0.5) is 6.01 Å². The van der Waals surface area contributed by atoms with Gasteiger partial charge in [0.05, 0.1) is 0 Å². The van der Waals surface area contributed by atoms with E-state index in [9.17, 15) is 4.79 Å². The number of carbonyl (C=O) groups excluding carboxylic acids is 1. The summed E-state index contributed by atoms with van der Waals surface area (Å²) in [5.74, 6) is 1.94. The molecule has 2 aromatic rings. The predicted molar refractivity (Wildman–Crippen MR) is 86.8 cm³/mol. The maximum absolute atomic E-state index is 12.3. The molecule has 0 N–H and O–H groups in total. The fraction of sp³-hybridized carbons (Fsp3) is 0.625. The van der Waals surface area contributed by atoms with Crippen molar-refractivity contribution in [1.29, 1.82) is 0 Å². The topological polar surface area (TPSA) is 88.5 Å². The summed E-state index contributed by atoms with van der Waals surface area (Å²) in [5.41, 5.74) is 0.397. The molecule has 0 unspecified atom stereocenters. The summed E-state index contributed by atoms with van der Waals surface area (Å²) < 4.78 is 10.1. The monoisotopic (exact) mass is 333 g/mol. The van der Waals surface area contributed by atoms with Crippen molar-refractivity contribution < 1.29 is 13.8 Å². The zero-order valence-electron chi connectivity index (χ0n) is 14.4. The first kappa shape index (κ1) is 16.5. The van der Waals surface area contributed by atoms with E-state index in [1.807, 2.05) is 19.0 Å². The Morgan fingerprint density at radius 3 is 2.62 bits per heavy atom. The smallest absolute Gasteiger partial charge is 0.323 e. The van der Waals surface area contributed by atoms with Crippen LogP contribution in [0.5, 0.6) is 0 Å². The van der Waals surface area contributed by atoms with E-state index in [4.69, 9.17) is 9.05 Å². The Kier molecular flexibility index (Phi) is 4.82. The second kappa shape index (κ2) is 7.02. The van der Waals surface area contributed by atoms with Crippen molar-refractivity contribution in [2.45, 2.75) is 32.6 Å². The zero-order valence-corrected chi connectivity index (χ0v) is 14.4. The van der Waals surface area contributed by atoms with Crippen molar-refractivity contribution in [1.82, 2.24) is 20.2 Å². The van der Waals surface area contributed by atoms with Crippen molar-refractivity contribution in [3.63, 3.8) is 0 Å². The molecule has 130 valence electrons. The molecular formula is C16H23N5O3. The fourth-order valence-corrected chi connectivity index (χ4v) is 2.92. The van der Waals surface area contributed by atoms with Gasteiger partial charge in [0.1, 0.15) is 5.76 Å². The molecule has 0 atom stereocenters. The van der Waals surface area contributed by atoms with Crippen molar-refractivity contribution in [3.05, 3.63) is 23.3 Å². The van der Waals surface area contributed by atoms with Gasteiger partial charge in [0.15, 0.2) is 11.5 Å². The van der Waals surface area contributed by atoms with Crippen molar-refractivity contribution >= 4 is 11.9 Å². The number of amides is 1. The van der Waals surface area contributed by atoms with E-state index in [-0.39, 0.29) is 5.91 Å². The maximum atomic E-state index is 12.3. The van der Waals surface area contributed by atoms with Crippen molar-refractivity contribution in [3.8, 4) is 0 Å². The maximum Gasteiger partial charge on any atom is 0.323 e. The molecular weight excluding hydrogens is 310 g/mol. The molecule has 8 nitrogen and oxygen atoms in total. The molecule has 8 heteroatoms. The molecule has 1 amide bonds. The van der Waals surface area contributed by atoms with Crippen LogP contribution >= 0.6 is 0 Å². The minimum Gasteiger partial charge on any atom is -0.361 e. The van der Waals surface area contributed by atoms with Crippen LogP contribution < -0.4 is 4.90 Å². The van der Waals surface area contributed by atoms with Crippen LogP contribution in [0.1, 0.15) is 41.3 Å². The highest BCUT2D eigenvalue weighted by Gasteiger charge is 2.25. The second-order valence-electron chi connectivity index (χ2n) is 6.48. The van der Waals surface area contributed by atoms with E-state index in [1.165, 1.54) is 0 Å². The van der Waals surface area contributed by atoms with Gasteiger partial charge in [0.25, 0.3) is 5.91 Å². The van der Waals surface area contributed by atoms with E-state index in [0.717, 1.165) is 44.6 Å². The highest BCUT2D eigenvalue weighted by Crippen LogP contribution is 2.23. The SMILES string of the molecule is Cc1cc(C(=O)N2CCC(CCc3noc(N(C)C)n3)CC2)no1. The number of aryl methyl sites for hydroxylation is 2. The first-order valence-electron chi connectivity index (χ1n) is 8.25. The Bertz CT molecular complexity index is 685. The minimum atomic E-state index is -0.0425. The number of rotatable bonds is 5. The number of aromatic nitrogens is 3. The fourth-order valence-electron chi connectivity index (χ4n) is 2.92. The van der Waals surface area contributed by atoms with Crippen LogP contribution in [0.3, 0.4) is 0 Å². The first-order valence-corrected chi connectivity index (χ1v) is 8.25. The Morgan fingerprint density at radius 2 is 2.04 bits per heavy atom. The number of likely N-dealkylation sites (tertiary alicyclic amines) is 1. The number of nitrogens with zero attached hydrogens (tertiary/aromatic N) is 5. The van der Waals surface area contributed by atoms with Crippen LogP contribution in [-0.4, -0.2) is 53.3 Å². The average molecular weight is 333 g/mol. The van der Waals surface area contributed by atoms with Gasteiger partial charge in [-0.25, -0.2) is 0 Å². The van der Waals surface area contributed by atoms with E-state index in [1.54, 1.807) is 17.9 Å². The number of piperidine rings is 1.